The molecule has 0 saturated carbocycles. The summed E-state index contributed by atoms with van der Waals surface area (Å²) in [6.45, 7) is 1.42. The number of para-hydroxylation sites is 1. The fraction of sp³-hybridized carbons (Fsp3) is 0.263. The summed E-state index contributed by atoms with van der Waals surface area (Å²) >= 11 is 1.48. The molecule has 5 nitrogen and oxygen atoms in total. The lowest BCUT2D eigenvalue weighted by Crippen LogP contribution is -2.38. The van der Waals surface area contributed by atoms with Crippen molar-refractivity contribution in [2.75, 3.05) is 23.3 Å². The number of rotatable bonds is 3. The Morgan fingerprint density at radius 2 is 2.00 bits per heavy atom. The lowest BCUT2D eigenvalue weighted by atomic mass is 9.96. The van der Waals surface area contributed by atoms with Gasteiger partial charge in [0.1, 0.15) is 17.1 Å². The number of hydrogen-bond acceptors (Lipinski definition) is 5. The second-order valence-corrected chi connectivity index (χ2v) is 7.39. The van der Waals surface area contributed by atoms with Crippen LogP contribution in [-0.4, -0.2) is 29.1 Å². The van der Waals surface area contributed by atoms with Crippen LogP contribution >= 0.6 is 11.3 Å². The van der Waals surface area contributed by atoms with Crippen molar-refractivity contribution in [3.63, 3.8) is 0 Å². The zero-order valence-electron chi connectivity index (χ0n) is 14.0. The van der Waals surface area contributed by atoms with Crippen molar-refractivity contribution in [1.82, 2.24) is 4.98 Å². The van der Waals surface area contributed by atoms with Gasteiger partial charge in [-0.3, -0.25) is 4.79 Å². The van der Waals surface area contributed by atoms with E-state index in [1.165, 1.54) is 23.5 Å². The molecule has 4 rings (SSSR count). The molecule has 2 aromatic carbocycles. The minimum atomic E-state index is -0.301. The van der Waals surface area contributed by atoms with Gasteiger partial charge in [-0.25, -0.2) is 9.37 Å². The van der Waals surface area contributed by atoms with Gasteiger partial charge in [-0.05, 0) is 37.1 Å². The summed E-state index contributed by atoms with van der Waals surface area (Å²) in [4.78, 5) is 19.0. The summed E-state index contributed by atoms with van der Waals surface area (Å²) in [6, 6.07) is 11.5. The SMILES string of the molecule is O=C(Nc1cccc(O)c1)C1CCN(c2nc3c(F)cccc3s2)CC1. The minimum Gasteiger partial charge on any atom is -0.508 e. The molecule has 0 bridgehead atoms. The lowest BCUT2D eigenvalue weighted by molar-refractivity contribution is -0.120. The van der Waals surface area contributed by atoms with Crippen LogP contribution in [-0.2, 0) is 4.79 Å². The van der Waals surface area contributed by atoms with Gasteiger partial charge in [-0.2, -0.15) is 0 Å². The van der Waals surface area contributed by atoms with Crippen LogP contribution in [0.15, 0.2) is 42.5 Å². The number of phenols is 1. The maximum absolute atomic E-state index is 13.8. The smallest absolute Gasteiger partial charge is 0.227 e. The van der Waals surface area contributed by atoms with E-state index in [9.17, 15) is 14.3 Å². The van der Waals surface area contributed by atoms with E-state index in [-0.39, 0.29) is 23.4 Å². The molecule has 0 aliphatic carbocycles. The van der Waals surface area contributed by atoms with Crippen LogP contribution < -0.4 is 10.2 Å². The third kappa shape index (κ3) is 3.35. The number of piperidine rings is 1. The summed E-state index contributed by atoms with van der Waals surface area (Å²) in [6.07, 6.45) is 1.42. The molecular weight excluding hydrogens is 353 g/mol. The zero-order valence-corrected chi connectivity index (χ0v) is 14.8. The average molecular weight is 371 g/mol. The molecule has 0 radical (unpaired) electrons. The predicted molar refractivity (Wildman–Crippen MR) is 101 cm³/mol. The number of thiazole rings is 1. The van der Waals surface area contributed by atoms with E-state index in [0.717, 1.165) is 9.83 Å². The number of carbonyl (C=O) groups is 1. The minimum absolute atomic E-state index is 0.0365. The van der Waals surface area contributed by atoms with Crippen molar-refractivity contribution in [3.05, 3.63) is 48.3 Å². The summed E-state index contributed by atoms with van der Waals surface area (Å²) in [5.74, 6) is -0.295. The number of aromatic hydroxyl groups is 1. The topological polar surface area (TPSA) is 65.5 Å². The third-order valence-electron chi connectivity index (χ3n) is 4.61. The Morgan fingerprint density at radius 1 is 1.23 bits per heavy atom. The van der Waals surface area contributed by atoms with Gasteiger partial charge in [0, 0.05) is 30.8 Å². The van der Waals surface area contributed by atoms with Crippen LogP contribution in [0, 0.1) is 11.7 Å². The number of benzene rings is 2. The number of nitrogens with one attached hydrogen (secondary N) is 1. The van der Waals surface area contributed by atoms with E-state index in [1.807, 2.05) is 6.07 Å². The molecule has 1 fully saturated rings. The molecule has 7 heteroatoms. The first-order valence-corrected chi connectivity index (χ1v) is 9.32. The molecule has 1 aliphatic rings. The number of fused-ring (bicyclic) bond motifs is 1. The predicted octanol–water partition coefficient (Wildman–Crippen LogP) is 4.00. The molecule has 0 atom stereocenters. The Balaban J connectivity index is 1.40. The van der Waals surface area contributed by atoms with Crippen molar-refractivity contribution < 1.29 is 14.3 Å². The van der Waals surface area contributed by atoms with Gasteiger partial charge < -0.3 is 15.3 Å². The van der Waals surface area contributed by atoms with Crippen molar-refractivity contribution in [2.24, 2.45) is 5.92 Å². The first kappa shape index (κ1) is 16.8. The quantitative estimate of drug-likeness (QED) is 0.730. The van der Waals surface area contributed by atoms with Crippen molar-refractivity contribution in [3.8, 4) is 5.75 Å². The summed E-state index contributed by atoms with van der Waals surface area (Å²) in [7, 11) is 0. The second kappa shape index (κ2) is 6.92. The first-order valence-electron chi connectivity index (χ1n) is 8.50. The standard InChI is InChI=1S/C19H18FN3O2S/c20-15-5-2-6-16-17(15)22-19(26-16)23-9-7-12(8-10-23)18(25)21-13-3-1-4-14(24)11-13/h1-6,11-12,24H,7-10H2,(H,21,25). The van der Waals surface area contributed by atoms with Crippen molar-refractivity contribution >= 4 is 38.3 Å². The highest BCUT2D eigenvalue weighted by atomic mass is 32.1. The number of aromatic nitrogens is 1. The molecule has 3 aromatic rings. The van der Waals surface area contributed by atoms with Crippen LogP contribution in [0.3, 0.4) is 0 Å². The monoisotopic (exact) mass is 371 g/mol. The Morgan fingerprint density at radius 3 is 2.73 bits per heavy atom. The van der Waals surface area contributed by atoms with E-state index in [2.05, 4.69) is 15.2 Å². The molecule has 2 heterocycles. The van der Waals surface area contributed by atoms with Gasteiger partial charge in [0.15, 0.2) is 5.13 Å². The molecule has 1 aliphatic heterocycles. The number of phenolic OH excluding ortho intramolecular Hbond substituents is 1. The summed E-state index contributed by atoms with van der Waals surface area (Å²) < 4.78 is 14.7. The third-order valence-corrected chi connectivity index (χ3v) is 5.69. The van der Waals surface area contributed by atoms with Gasteiger partial charge in [0.2, 0.25) is 5.91 Å². The summed E-state index contributed by atoms with van der Waals surface area (Å²) in [5, 5.41) is 13.1. The Labute approximate surface area is 154 Å². The number of carbonyl (C=O) groups excluding carboxylic acids is 1. The number of nitrogens with zero attached hydrogens (tertiary/aromatic N) is 2. The lowest BCUT2D eigenvalue weighted by Gasteiger charge is -2.31. The van der Waals surface area contributed by atoms with Gasteiger partial charge in [-0.1, -0.05) is 23.5 Å². The zero-order chi connectivity index (χ0) is 18.1. The van der Waals surface area contributed by atoms with Crippen LogP contribution in [0.5, 0.6) is 5.75 Å². The molecule has 1 amide bonds. The van der Waals surface area contributed by atoms with E-state index in [0.29, 0.717) is 37.1 Å². The molecule has 1 aromatic heterocycles. The maximum atomic E-state index is 13.8. The van der Waals surface area contributed by atoms with Crippen LogP contribution in [0.2, 0.25) is 0 Å². The number of hydrogen-bond donors (Lipinski definition) is 2. The Kier molecular flexibility index (Phi) is 4.46. The largest absolute Gasteiger partial charge is 0.508 e. The molecule has 26 heavy (non-hydrogen) atoms. The normalized spacial score (nSPS) is 15.3. The van der Waals surface area contributed by atoms with E-state index >= 15 is 0 Å². The fourth-order valence-corrected chi connectivity index (χ4v) is 4.23. The molecule has 0 spiro atoms. The molecule has 2 N–H and O–H groups in total. The maximum Gasteiger partial charge on any atom is 0.227 e. The highest BCUT2D eigenvalue weighted by molar-refractivity contribution is 7.22. The molecule has 1 saturated heterocycles. The second-order valence-electron chi connectivity index (χ2n) is 6.38. The van der Waals surface area contributed by atoms with E-state index < -0.39 is 0 Å². The van der Waals surface area contributed by atoms with Crippen molar-refractivity contribution in [2.45, 2.75) is 12.8 Å². The number of amides is 1. The van der Waals surface area contributed by atoms with Gasteiger partial charge >= 0.3 is 0 Å². The average Bonchev–Trinajstić information content (AvgIpc) is 3.08. The number of anilines is 2. The Bertz CT molecular complexity index is 951. The van der Waals surface area contributed by atoms with Crippen LogP contribution in [0.1, 0.15) is 12.8 Å². The van der Waals surface area contributed by atoms with Gasteiger partial charge in [0.05, 0.1) is 4.70 Å². The summed E-state index contributed by atoms with van der Waals surface area (Å²) in [5.41, 5.74) is 1.01. The van der Waals surface area contributed by atoms with E-state index in [1.54, 1.807) is 24.3 Å². The highest BCUT2D eigenvalue weighted by Crippen LogP contribution is 2.32. The molecule has 134 valence electrons. The van der Waals surface area contributed by atoms with Gasteiger partial charge in [0.25, 0.3) is 0 Å². The molecular formula is C19H18FN3O2S. The van der Waals surface area contributed by atoms with E-state index in [4.69, 9.17) is 0 Å². The molecule has 0 unspecified atom stereocenters. The Hall–Kier alpha value is -2.67. The van der Waals surface area contributed by atoms with Crippen molar-refractivity contribution in [1.29, 1.82) is 0 Å². The van der Waals surface area contributed by atoms with Gasteiger partial charge in [-0.15, -0.1) is 0 Å². The van der Waals surface area contributed by atoms with Crippen LogP contribution in [0.25, 0.3) is 10.2 Å². The highest BCUT2D eigenvalue weighted by Gasteiger charge is 2.26. The van der Waals surface area contributed by atoms with Crippen LogP contribution in [0.4, 0.5) is 15.2 Å². The fourth-order valence-electron chi connectivity index (χ4n) is 3.20. The first-order chi connectivity index (χ1) is 12.6. The number of halogens is 1.